The van der Waals surface area contributed by atoms with Crippen molar-refractivity contribution in [1.29, 1.82) is 0 Å². The molecule has 5 nitrogen and oxygen atoms in total. The predicted molar refractivity (Wildman–Crippen MR) is 71.8 cm³/mol. The average Bonchev–Trinajstić information content (AvgIpc) is 2.89. The summed E-state index contributed by atoms with van der Waals surface area (Å²) in [5, 5.41) is 15.6. The summed E-state index contributed by atoms with van der Waals surface area (Å²) in [7, 11) is 0. The van der Waals surface area contributed by atoms with Gasteiger partial charge in [0.25, 0.3) is 0 Å². The number of carbonyl (C=O) groups excluding carboxylic acids is 1. The number of hydrogen-bond acceptors (Lipinski definition) is 3. The molecule has 1 amide bonds. The molecule has 1 saturated heterocycles. The maximum Gasteiger partial charge on any atom is 0.329 e. The summed E-state index contributed by atoms with van der Waals surface area (Å²) in [6, 6.07) is 0. The van der Waals surface area contributed by atoms with Gasteiger partial charge >= 0.3 is 5.97 Å². The average molecular weight is 268 g/mol. The molecule has 108 valence electrons. The first-order valence-corrected chi connectivity index (χ1v) is 7.31. The minimum Gasteiger partial charge on any atom is -0.480 e. The van der Waals surface area contributed by atoms with Crippen molar-refractivity contribution in [3.8, 4) is 0 Å². The van der Waals surface area contributed by atoms with Gasteiger partial charge < -0.3 is 15.7 Å². The molecular formula is C14H24N2O3. The first-order valence-electron chi connectivity index (χ1n) is 7.31. The smallest absolute Gasteiger partial charge is 0.329 e. The van der Waals surface area contributed by atoms with E-state index in [0.717, 1.165) is 38.6 Å². The Bertz CT molecular complexity index is 356. The quantitative estimate of drug-likeness (QED) is 0.717. The van der Waals surface area contributed by atoms with E-state index in [0.29, 0.717) is 19.4 Å². The third kappa shape index (κ3) is 2.61. The Morgan fingerprint density at radius 1 is 1.21 bits per heavy atom. The molecule has 2 rings (SSSR count). The zero-order valence-corrected chi connectivity index (χ0v) is 11.6. The summed E-state index contributed by atoms with van der Waals surface area (Å²) in [5.74, 6) is -0.958. The normalized spacial score (nSPS) is 29.9. The van der Waals surface area contributed by atoms with Crippen LogP contribution in [0.3, 0.4) is 0 Å². The van der Waals surface area contributed by atoms with Gasteiger partial charge in [0.15, 0.2) is 0 Å². The van der Waals surface area contributed by atoms with Gasteiger partial charge in [-0.2, -0.15) is 0 Å². The maximum absolute atomic E-state index is 12.6. The third-order valence-electron chi connectivity index (χ3n) is 4.85. The van der Waals surface area contributed by atoms with E-state index in [1.165, 1.54) is 0 Å². The lowest BCUT2D eigenvalue weighted by Crippen LogP contribution is -2.59. The molecule has 1 saturated carbocycles. The fourth-order valence-electron chi connectivity index (χ4n) is 3.34. The van der Waals surface area contributed by atoms with Gasteiger partial charge in [-0.05, 0) is 38.6 Å². The molecule has 19 heavy (non-hydrogen) atoms. The van der Waals surface area contributed by atoms with Crippen LogP contribution in [-0.2, 0) is 9.59 Å². The molecule has 0 aromatic carbocycles. The van der Waals surface area contributed by atoms with Crippen molar-refractivity contribution in [2.75, 3.05) is 13.1 Å². The lowest BCUT2D eigenvalue weighted by Gasteiger charge is -2.38. The molecule has 1 heterocycles. The number of piperidine rings is 1. The standard InChI is InChI=1S/C14H24N2O3/c1-2-13(6-5-9-15-10-13)11(17)16-14(12(18)19)7-3-4-8-14/h15H,2-10H2,1H3,(H,16,17)(H,18,19). The fraction of sp³-hybridized carbons (Fsp3) is 0.857. The van der Waals surface area contributed by atoms with Crippen LogP contribution >= 0.6 is 0 Å². The Hall–Kier alpha value is -1.10. The molecule has 0 aromatic rings. The highest BCUT2D eigenvalue weighted by molar-refractivity contribution is 5.90. The minimum absolute atomic E-state index is 0.0773. The van der Waals surface area contributed by atoms with Crippen molar-refractivity contribution in [3.05, 3.63) is 0 Å². The number of carbonyl (C=O) groups is 2. The fourth-order valence-corrected chi connectivity index (χ4v) is 3.34. The lowest BCUT2D eigenvalue weighted by molar-refractivity contribution is -0.150. The molecule has 1 aliphatic carbocycles. The summed E-state index contributed by atoms with van der Waals surface area (Å²) in [4.78, 5) is 24.1. The monoisotopic (exact) mass is 268 g/mol. The summed E-state index contributed by atoms with van der Waals surface area (Å²) < 4.78 is 0. The van der Waals surface area contributed by atoms with E-state index in [9.17, 15) is 14.7 Å². The van der Waals surface area contributed by atoms with Gasteiger partial charge in [-0.1, -0.05) is 19.8 Å². The summed E-state index contributed by atoms with van der Waals surface area (Å²) in [5.41, 5.74) is -1.44. The Morgan fingerprint density at radius 2 is 1.89 bits per heavy atom. The van der Waals surface area contributed by atoms with Crippen molar-refractivity contribution in [3.63, 3.8) is 0 Å². The number of carboxylic acids is 1. The van der Waals surface area contributed by atoms with Crippen LogP contribution in [-0.4, -0.2) is 35.6 Å². The molecule has 0 bridgehead atoms. The first kappa shape index (κ1) is 14.3. The van der Waals surface area contributed by atoms with Gasteiger partial charge in [-0.3, -0.25) is 4.79 Å². The van der Waals surface area contributed by atoms with Crippen LogP contribution in [0.25, 0.3) is 0 Å². The van der Waals surface area contributed by atoms with Crippen LogP contribution < -0.4 is 10.6 Å². The van der Waals surface area contributed by atoms with Gasteiger partial charge in [-0.15, -0.1) is 0 Å². The third-order valence-corrected chi connectivity index (χ3v) is 4.85. The van der Waals surface area contributed by atoms with Crippen molar-refractivity contribution >= 4 is 11.9 Å². The maximum atomic E-state index is 12.6. The number of nitrogens with one attached hydrogen (secondary N) is 2. The molecular weight excluding hydrogens is 244 g/mol. The van der Waals surface area contributed by atoms with Gasteiger partial charge in [0.05, 0.1) is 5.41 Å². The molecule has 5 heteroatoms. The van der Waals surface area contributed by atoms with Crippen molar-refractivity contribution in [2.24, 2.45) is 5.41 Å². The van der Waals surface area contributed by atoms with Crippen molar-refractivity contribution < 1.29 is 14.7 Å². The molecule has 0 aromatic heterocycles. The summed E-state index contributed by atoms with van der Waals surface area (Å²) >= 11 is 0. The van der Waals surface area contributed by atoms with E-state index in [4.69, 9.17) is 0 Å². The van der Waals surface area contributed by atoms with E-state index in [1.54, 1.807) is 0 Å². The second-order valence-electron chi connectivity index (χ2n) is 5.96. The largest absolute Gasteiger partial charge is 0.480 e. The highest BCUT2D eigenvalue weighted by Gasteiger charge is 2.47. The van der Waals surface area contributed by atoms with E-state index in [2.05, 4.69) is 10.6 Å². The van der Waals surface area contributed by atoms with Crippen molar-refractivity contribution in [2.45, 2.75) is 57.4 Å². The Labute approximate surface area is 114 Å². The first-order chi connectivity index (χ1) is 9.05. The molecule has 2 fully saturated rings. The van der Waals surface area contributed by atoms with Gasteiger partial charge in [0, 0.05) is 6.54 Å². The molecule has 1 atom stereocenters. The van der Waals surface area contributed by atoms with Crippen LogP contribution in [0.1, 0.15) is 51.9 Å². The number of amides is 1. The summed E-state index contributed by atoms with van der Waals surface area (Å²) in [6.45, 7) is 3.61. The van der Waals surface area contributed by atoms with Crippen LogP contribution in [0.4, 0.5) is 0 Å². The molecule has 0 spiro atoms. The Balaban J connectivity index is 2.12. The number of aliphatic carboxylic acids is 1. The molecule has 1 aliphatic heterocycles. The second-order valence-corrected chi connectivity index (χ2v) is 5.96. The Morgan fingerprint density at radius 3 is 2.37 bits per heavy atom. The second kappa shape index (κ2) is 5.49. The van der Waals surface area contributed by atoms with Crippen LogP contribution in [0, 0.1) is 5.41 Å². The van der Waals surface area contributed by atoms with Crippen LogP contribution in [0.2, 0.25) is 0 Å². The van der Waals surface area contributed by atoms with Gasteiger partial charge in [0.1, 0.15) is 5.54 Å². The van der Waals surface area contributed by atoms with E-state index < -0.39 is 16.9 Å². The van der Waals surface area contributed by atoms with E-state index >= 15 is 0 Å². The van der Waals surface area contributed by atoms with Gasteiger partial charge in [-0.25, -0.2) is 4.79 Å². The van der Waals surface area contributed by atoms with Crippen LogP contribution in [0.5, 0.6) is 0 Å². The molecule has 1 unspecified atom stereocenters. The highest BCUT2D eigenvalue weighted by Crippen LogP contribution is 2.35. The van der Waals surface area contributed by atoms with Crippen LogP contribution in [0.15, 0.2) is 0 Å². The lowest BCUT2D eigenvalue weighted by atomic mass is 9.76. The SMILES string of the molecule is CCC1(C(=O)NC2(C(=O)O)CCCC2)CCCNC1. The Kier molecular flexibility index (Phi) is 4.13. The number of rotatable bonds is 4. The number of carboxylic acid groups (broad SMARTS) is 1. The predicted octanol–water partition coefficient (Wildman–Crippen LogP) is 1.28. The van der Waals surface area contributed by atoms with Gasteiger partial charge in [0.2, 0.25) is 5.91 Å². The molecule has 0 radical (unpaired) electrons. The molecule has 2 aliphatic rings. The summed E-state index contributed by atoms with van der Waals surface area (Å²) in [6.07, 6.45) is 5.44. The van der Waals surface area contributed by atoms with E-state index in [1.807, 2.05) is 6.92 Å². The minimum atomic E-state index is -1.02. The topological polar surface area (TPSA) is 78.4 Å². The molecule has 3 N–H and O–H groups in total. The highest BCUT2D eigenvalue weighted by atomic mass is 16.4. The van der Waals surface area contributed by atoms with Crippen molar-refractivity contribution in [1.82, 2.24) is 10.6 Å². The zero-order chi connectivity index (χ0) is 13.9. The van der Waals surface area contributed by atoms with E-state index in [-0.39, 0.29) is 5.91 Å². The zero-order valence-electron chi connectivity index (χ0n) is 11.6. The number of hydrogen-bond donors (Lipinski definition) is 3.